The van der Waals surface area contributed by atoms with Gasteiger partial charge in [0.1, 0.15) is 18.0 Å². The number of nitrogens with one attached hydrogen (secondary N) is 1. The van der Waals surface area contributed by atoms with E-state index in [1.165, 1.54) is 0 Å². The van der Waals surface area contributed by atoms with Crippen molar-refractivity contribution in [3.8, 4) is 5.75 Å². The molecule has 0 aromatic carbocycles. The molecule has 0 aliphatic rings. The maximum atomic E-state index is 12.2. The molecule has 2 aromatic heterocycles. The molecule has 0 atom stereocenters. The van der Waals surface area contributed by atoms with E-state index in [9.17, 15) is 4.39 Å². The first-order valence-electron chi connectivity index (χ1n) is 4.87. The molecule has 2 aromatic rings. The molecule has 0 unspecified atom stereocenters. The van der Waals surface area contributed by atoms with E-state index < -0.39 is 0 Å². The van der Waals surface area contributed by atoms with Crippen LogP contribution in [0.3, 0.4) is 0 Å². The van der Waals surface area contributed by atoms with E-state index in [0.29, 0.717) is 17.7 Å². The first-order chi connectivity index (χ1) is 7.83. The molecule has 0 saturated heterocycles. The number of hydrogen-bond donors (Lipinski definition) is 2. The Bertz CT molecular complexity index is 507. The van der Waals surface area contributed by atoms with E-state index >= 15 is 0 Å². The van der Waals surface area contributed by atoms with Crippen molar-refractivity contribution in [2.24, 2.45) is 5.73 Å². The Morgan fingerprint density at radius 3 is 3.25 bits per heavy atom. The molecule has 84 valence electrons. The summed E-state index contributed by atoms with van der Waals surface area (Å²) in [6.07, 6.45) is 3.86. The fourth-order valence-corrected chi connectivity index (χ4v) is 1.31. The van der Waals surface area contributed by atoms with Crippen LogP contribution in [0.1, 0.15) is 0 Å². The number of fused-ring (bicyclic) bond motifs is 1. The van der Waals surface area contributed by atoms with E-state index in [1.54, 1.807) is 12.4 Å². The van der Waals surface area contributed by atoms with Crippen molar-refractivity contribution in [3.63, 3.8) is 0 Å². The summed E-state index contributed by atoms with van der Waals surface area (Å²) < 4.78 is 17.6. The van der Waals surface area contributed by atoms with Crippen LogP contribution in [0, 0.1) is 0 Å². The fourth-order valence-electron chi connectivity index (χ4n) is 1.31. The number of ether oxygens (including phenoxy) is 1. The van der Waals surface area contributed by atoms with Crippen LogP contribution in [0.5, 0.6) is 5.75 Å². The van der Waals surface area contributed by atoms with Gasteiger partial charge in [0.2, 0.25) is 0 Å². The standard InChI is InChI=1S/C11H12FN3O/c12-4-8(5-13)7-16-10-3-9-1-2-14-11(9)15-6-10/h1-4,6H,5,7,13H2,(H,14,15)/b8-4+. The van der Waals surface area contributed by atoms with Crippen LogP contribution in [-0.2, 0) is 0 Å². The van der Waals surface area contributed by atoms with Crippen LogP contribution < -0.4 is 10.5 Å². The van der Waals surface area contributed by atoms with Crippen LogP contribution in [-0.4, -0.2) is 23.1 Å². The molecule has 2 heterocycles. The molecule has 0 saturated carbocycles. The van der Waals surface area contributed by atoms with Crippen molar-refractivity contribution in [1.29, 1.82) is 0 Å². The third kappa shape index (κ3) is 2.20. The zero-order chi connectivity index (χ0) is 11.4. The molecule has 0 fully saturated rings. The highest BCUT2D eigenvalue weighted by Crippen LogP contribution is 2.17. The Morgan fingerprint density at radius 1 is 1.62 bits per heavy atom. The van der Waals surface area contributed by atoms with E-state index in [-0.39, 0.29) is 13.2 Å². The number of H-pyrrole nitrogens is 1. The second-order valence-electron chi connectivity index (χ2n) is 3.35. The van der Waals surface area contributed by atoms with Gasteiger partial charge >= 0.3 is 0 Å². The van der Waals surface area contributed by atoms with Crippen LogP contribution in [0.2, 0.25) is 0 Å². The van der Waals surface area contributed by atoms with Crippen LogP contribution >= 0.6 is 0 Å². The van der Waals surface area contributed by atoms with E-state index in [1.807, 2.05) is 12.1 Å². The summed E-state index contributed by atoms with van der Waals surface area (Å²) in [5, 5.41) is 0.955. The second-order valence-corrected chi connectivity index (χ2v) is 3.35. The SMILES string of the molecule is NC/C(=C\F)COc1cnc2[nH]ccc2c1. The summed E-state index contributed by atoms with van der Waals surface area (Å²) in [7, 11) is 0. The molecular weight excluding hydrogens is 209 g/mol. The molecule has 3 N–H and O–H groups in total. The largest absolute Gasteiger partial charge is 0.487 e. The van der Waals surface area contributed by atoms with Gasteiger partial charge in [0.25, 0.3) is 0 Å². The van der Waals surface area contributed by atoms with Crippen LogP contribution in [0.25, 0.3) is 11.0 Å². The molecule has 0 aliphatic carbocycles. The van der Waals surface area contributed by atoms with Gasteiger partial charge in [0, 0.05) is 23.7 Å². The molecule has 0 amide bonds. The fraction of sp³-hybridized carbons (Fsp3) is 0.182. The van der Waals surface area contributed by atoms with Crippen molar-refractivity contribution in [1.82, 2.24) is 9.97 Å². The van der Waals surface area contributed by atoms with Gasteiger partial charge in [-0.1, -0.05) is 0 Å². The van der Waals surface area contributed by atoms with Gasteiger partial charge in [-0.3, -0.25) is 0 Å². The lowest BCUT2D eigenvalue weighted by Gasteiger charge is -2.06. The molecule has 5 heteroatoms. The quantitative estimate of drug-likeness (QED) is 0.826. The first-order valence-corrected chi connectivity index (χ1v) is 4.87. The Labute approximate surface area is 91.9 Å². The third-order valence-electron chi connectivity index (χ3n) is 2.22. The van der Waals surface area contributed by atoms with E-state index in [2.05, 4.69) is 9.97 Å². The molecule has 0 aliphatic heterocycles. The van der Waals surface area contributed by atoms with Crippen LogP contribution in [0.15, 0.2) is 36.4 Å². The minimum atomic E-state index is 0.143. The van der Waals surface area contributed by atoms with E-state index in [0.717, 1.165) is 11.0 Å². The highest BCUT2D eigenvalue weighted by molar-refractivity contribution is 5.76. The number of aromatic amines is 1. The van der Waals surface area contributed by atoms with E-state index in [4.69, 9.17) is 10.5 Å². The molecular formula is C11H12FN3O. The minimum Gasteiger partial charge on any atom is -0.487 e. The van der Waals surface area contributed by atoms with Gasteiger partial charge in [-0.25, -0.2) is 9.37 Å². The number of nitrogens with zero attached hydrogens (tertiary/aromatic N) is 1. The zero-order valence-electron chi connectivity index (χ0n) is 8.61. The number of hydrogen-bond acceptors (Lipinski definition) is 3. The third-order valence-corrected chi connectivity index (χ3v) is 2.22. The molecule has 0 bridgehead atoms. The number of pyridine rings is 1. The molecule has 0 spiro atoms. The summed E-state index contributed by atoms with van der Waals surface area (Å²) in [6, 6.07) is 3.73. The minimum absolute atomic E-state index is 0.143. The maximum Gasteiger partial charge on any atom is 0.138 e. The Morgan fingerprint density at radius 2 is 2.50 bits per heavy atom. The highest BCUT2D eigenvalue weighted by Gasteiger charge is 2.01. The summed E-state index contributed by atoms with van der Waals surface area (Å²) in [4.78, 5) is 7.12. The van der Waals surface area contributed by atoms with Crippen molar-refractivity contribution < 1.29 is 9.13 Å². The number of rotatable bonds is 4. The smallest absolute Gasteiger partial charge is 0.138 e. The molecule has 0 radical (unpaired) electrons. The van der Waals surface area contributed by atoms with Gasteiger partial charge < -0.3 is 15.5 Å². The summed E-state index contributed by atoms with van der Waals surface area (Å²) in [6.45, 7) is 0.293. The number of aromatic nitrogens is 2. The zero-order valence-corrected chi connectivity index (χ0v) is 8.61. The van der Waals surface area contributed by atoms with Gasteiger partial charge in [0.05, 0.1) is 12.5 Å². The Hall–Kier alpha value is -1.88. The lowest BCUT2D eigenvalue weighted by Crippen LogP contribution is -2.10. The summed E-state index contributed by atoms with van der Waals surface area (Å²) in [5.74, 6) is 0.597. The predicted octanol–water partition coefficient (Wildman–Crippen LogP) is 1.75. The monoisotopic (exact) mass is 221 g/mol. The van der Waals surface area contributed by atoms with Gasteiger partial charge in [-0.05, 0) is 12.1 Å². The Balaban J connectivity index is 2.09. The van der Waals surface area contributed by atoms with Crippen molar-refractivity contribution >= 4 is 11.0 Å². The number of halogens is 1. The molecule has 16 heavy (non-hydrogen) atoms. The van der Waals surface area contributed by atoms with Gasteiger partial charge in [-0.2, -0.15) is 0 Å². The topological polar surface area (TPSA) is 63.9 Å². The summed E-state index contributed by atoms with van der Waals surface area (Å²) >= 11 is 0. The second kappa shape index (κ2) is 4.76. The van der Waals surface area contributed by atoms with Crippen molar-refractivity contribution in [2.45, 2.75) is 0 Å². The summed E-state index contributed by atoms with van der Waals surface area (Å²) in [5.41, 5.74) is 6.52. The van der Waals surface area contributed by atoms with Crippen molar-refractivity contribution in [2.75, 3.05) is 13.2 Å². The lowest BCUT2D eigenvalue weighted by molar-refractivity contribution is 0.347. The predicted molar refractivity (Wildman–Crippen MR) is 59.8 cm³/mol. The highest BCUT2D eigenvalue weighted by atomic mass is 19.1. The Kier molecular flexibility index (Phi) is 3.16. The maximum absolute atomic E-state index is 12.2. The van der Waals surface area contributed by atoms with Crippen LogP contribution in [0.4, 0.5) is 4.39 Å². The van der Waals surface area contributed by atoms with Gasteiger partial charge in [0.15, 0.2) is 0 Å². The van der Waals surface area contributed by atoms with Crippen molar-refractivity contribution in [3.05, 3.63) is 36.4 Å². The average molecular weight is 221 g/mol. The average Bonchev–Trinajstić information content (AvgIpc) is 2.77. The molecule has 4 nitrogen and oxygen atoms in total. The normalized spacial score (nSPS) is 12.0. The molecule has 2 rings (SSSR count). The number of nitrogens with two attached hydrogens (primary N) is 1. The first kappa shape index (κ1) is 10.6. The lowest BCUT2D eigenvalue weighted by atomic mass is 10.3. The van der Waals surface area contributed by atoms with Gasteiger partial charge in [-0.15, -0.1) is 0 Å².